The van der Waals surface area contributed by atoms with E-state index in [-0.39, 0.29) is 0 Å². The third-order valence-corrected chi connectivity index (χ3v) is 3.71. The molecule has 1 aromatic carbocycles. The molecule has 110 valence electrons. The van der Waals surface area contributed by atoms with E-state index in [0.29, 0.717) is 11.0 Å². The summed E-state index contributed by atoms with van der Waals surface area (Å²) in [6.07, 6.45) is 2.96. The van der Waals surface area contributed by atoms with Crippen LogP contribution in [0.2, 0.25) is 0 Å². The molecule has 0 amide bonds. The zero-order chi connectivity index (χ0) is 15.2. The molecule has 21 heavy (non-hydrogen) atoms. The van der Waals surface area contributed by atoms with E-state index in [1.165, 1.54) is 5.56 Å². The van der Waals surface area contributed by atoms with Crippen LogP contribution in [0.15, 0.2) is 42.6 Å². The van der Waals surface area contributed by atoms with Crippen molar-refractivity contribution in [2.24, 2.45) is 0 Å². The Morgan fingerprint density at radius 2 is 1.86 bits per heavy atom. The van der Waals surface area contributed by atoms with Gasteiger partial charge >= 0.3 is 0 Å². The van der Waals surface area contributed by atoms with Gasteiger partial charge < -0.3 is 10.6 Å². The predicted octanol–water partition coefficient (Wildman–Crippen LogP) is 4.71. The van der Waals surface area contributed by atoms with Crippen molar-refractivity contribution in [2.75, 3.05) is 10.6 Å². The van der Waals surface area contributed by atoms with Crippen LogP contribution in [0, 0.1) is 6.92 Å². The number of rotatable bonds is 4. The van der Waals surface area contributed by atoms with E-state index in [9.17, 15) is 0 Å². The first kappa shape index (κ1) is 15.4. The molecule has 0 radical (unpaired) electrons. The predicted molar refractivity (Wildman–Crippen MR) is 94.0 cm³/mol. The van der Waals surface area contributed by atoms with Crippen LogP contribution < -0.4 is 10.6 Å². The maximum absolute atomic E-state index is 5.30. The highest BCUT2D eigenvalue weighted by Crippen LogP contribution is 2.20. The maximum atomic E-state index is 5.30. The van der Waals surface area contributed by atoms with Gasteiger partial charge in [0.25, 0.3) is 0 Å². The van der Waals surface area contributed by atoms with Gasteiger partial charge in [0.05, 0.1) is 0 Å². The Hall–Kier alpha value is -1.94. The SMILES string of the molecule is CC[C@@H](C)c1ccc(NC(=S)Nc2ccc(C)cn2)cc1. The Morgan fingerprint density at radius 1 is 1.14 bits per heavy atom. The molecule has 2 rings (SSSR count). The standard InChI is InChI=1S/C17H21N3S/c1-4-13(3)14-6-8-15(9-7-14)19-17(21)20-16-10-5-12(2)11-18-16/h5-11,13H,4H2,1-3H3,(H2,18,19,20,21)/t13-/m1/s1. The summed E-state index contributed by atoms with van der Waals surface area (Å²) in [5.41, 5.74) is 3.45. The van der Waals surface area contributed by atoms with E-state index in [4.69, 9.17) is 12.2 Å². The molecule has 0 saturated heterocycles. The summed E-state index contributed by atoms with van der Waals surface area (Å²) in [5.74, 6) is 1.33. The van der Waals surface area contributed by atoms with Crippen molar-refractivity contribution in [3.63, 3.8) is 0 Å². The van der Waals surface area contributed by atoms with E-state index in [1.807, 2.05) is 25.3 Å². The molecule has 2 aromatic rings. The van der Waals surface area contributed by atoms with Gasteiger partial charge in [-0.15, -0.1) is 0 Å². The molecule has 0 aliphatic rings. The lowest BCUT2D eigenvalue weighted by atomic mass is 9.99. The Labute approximate surface area is 131 Å². The van der Waals surface area contributed by atoms with Crippen molar-refractivity contribution < 1.29 is 0 Å². The highest BCUT2D eigenvalue weighted by atomic mass is 32.1. The second-order valence-corrected chi connectivity index (χ2v) is 5.64. The van der Waals surface area contributed by atoms with Crippen molar-refractivity contribution in [2.45, 2.75) is 33.1 Å². The molecular weight excluding hydrogens is 278 g/mol. The molecule has 3 nitrogen and oxygen atoms in total. The normalized spacial score (nSPS) is 11.8. The zero-order valence-corrected chi connectivity index (χ0v) is 13.5. The quantitative estimate of drug-likeness (QED) is 0.802. The van der Waals surface area contributed by atoms with Crippen LogP contribution in [-0.4, -0.2) is 10.1 Å². The molecule has 4 heteroatoms. The van der Waals surface area contributed by atoms with Gasteiger partial charge in [-0.1, -0.05) is 32.0 Å². The molecule has 0 spiro atoms. The molecule has 0 aliphatic carbocycles. The second kappa shape index (κ2) is 7.18. The molecule has 0 unspecified atom stereocenters. The highest BCUT2D eigenvalue weighted by molar-refractivity contribution is 7.80. The minimum atomic E-state index is 0.544. The fourth-order valence-corrected chi connectivity index (χ4v) is 2.17. The highest BCUT2D eigenvalue weighted by Gasteiger charge is 2.03. The number of aromatic nitrogens is 1. The molecule has 1 atom stereocenters. The lowest BCUT2D eigenvalue weighted by Gasteiger charge is -2.12. The van der Waals surface area contributed by atoms with Crippen LogP contribution in [0.5, 0.6) is 0 Å². The van der Waals surface area contributed by atoms with E-state index in [1.54, 1.807) is 0 Å². The Balaban J connectivity index is 1.94. The fraction of sp³-hybridized carbons (Fsp3) is 0.294. The Morgan fingerprint density at radius 3 is 2.43 bits per heavy atom. The van der Waals surface area contributed by atoms with Gasteiger partial charge in [0.15, 0.2) is 5.11 Å². The summed E-state index contributed by atoms with van der Waals surface area (Å²) < 4.78 is 0. The van der Waals surface area contributed by atoms with Crippen molar-refractivity contribution in [1.29, 1.82) is 0 Å². The van der Waals surface area contributed by atoms with Crippen LogP contribution in [0.4, 0.5) is 11.5 Å². The molecule has 0 saturated carbocycles. The first-order chi connectivity index (χ1) is 10.1. The number of benzene rings is 1. The largest absolute Gasteiger partial charge is 0.332 e. The number of thiocarbonyl (C=S) groups is 1. The van der Waals surface area contributed by atoms with Gasteiger partial charge in [0, 0.05) is 11.9 Å². The number of aryl methyl sites for hydroxylation is 1. The number of hydrogen-bond donors (Lipinski definition) is 2. The minimum Gasteiger partial charge on any atom is -0.332 e. The van der Waals surface area contributed by atoms with Crippen LogP contribution in [0.3, 0.4) is 0 Å². The third kappa shape index (κ3) is 4.53. The topological polar surface area (TPSA) is 37.0 Å². The van der Waals surface area contributed by atoms with Gasteiger partial charge in [-0.3, -0.25) is 0 Å². The average molecular weight is 299 g/mol. The fourth-order valence-electron chi connectivity index (χ4n) is 1.95. The second-order valence-electron chi connectivity index (χ2n) is 5.23. The Bertz CT molecular complexity index is 590. The number of pyridine rings is 1. The van der Waals surface area contributed by atoms with Crippen LogP contribution in [0.25, 0.3) is 0 Å². The van der Waals surface area contributed by atoms with Crippen LogP contribution in [-0.2, 0) is 0 Å². The number of anilines is 2. The van der Waals surface area contributed by atoms with Crippen LogP contribution >= 0.6 is 12.2 Å². The van der Waals surface area contributed by atoms with Crippen molar-refractivity contribution in [3.05, 3.63) is 53.7 Å². The van der Waals surface area contributed by atoms with E-state index in [0.717, 1.165) is 23.5 Å². The van der Waals surface area contributed by atoms with Crippen molar-refractivity contribution in [1.82, 2.24) is 4.98 Å². The summed E-state index contributed by atoms with van der Waals surface area (Å²) in [7, 11) is 0. The van der Waals surface area contributed by atoms with Gasteiger partial charge in [-0.2, -0.15) is 0 Å². The maximum Gasteiger partial charge on any atom is 0.176 e. The molecular formula is C17H21N3S. The summed E-state index contributed by atoms with van der Waals surface area (Å²) >= 11 is 5.30. The molecule has 0 fully saturated rings. The Kier molecular flexibility index (Phi) is 5.28. The van der Waals surface area contributed by atoms with Gasteiger partial charge in [-0.25, -0.2) is 4.98 Å². The molecule has 0 aliphatic heterocycles. The average Bonchev–Trinajstić information content (AvgIpc) is 2.49. The third-order valence-electron chi connectivity index (χ3n) is 3.50. The number of hydrogen-bond acceptors (Lipinski definition) is 2. The first-order valence-corrected chi connectivity index (χ1v) is 7.60. The summed E-state index contributed by atoms with van der Waals surface area (Å²) in [4.78, 5) is 4.27. The van der Waals surface area contributed by atoms with E-state index >= 15 is 0 Å². The van der Waals surface area contributed by atoms with Gasteiger partial charge in [0.1, 0.15) is 5.82 Å². The van der Waals surface area contributed by atoms with Crippen LogP contribution in [0.1, 0.15) is 37.3 Å². The van der Waals surface area contributed by atoms with Crippen molar-refractivity contribution in [3.8, 4) is 0 Å². The lowest BCUT2D eigenvalue weighted by Crippen LogP contribution is -2.19. The zero-order valence-electron chi connectivity index (χ0n) is 12.7. The molecule has 1 aromatic heterocycles. The lowest BCUT2D eigenvalue weighted by molar-refractivity contribution is 0.734. The molecule has 1 heterocycles. The molecule has 0 bridgehead atoms. The minimum absolute atomic E-state index is 0.544. The monoisotopic (exact) mass is 299 g/mol. The summed E-state index contributed by atoms with van der Waals surface area (Å²) in [5, 5.41) is 6.79. The smallest absolute Gasteiger partial charge is 0.176 e. The number of nitrogens with zero attached hydrogens (tertiary/aromatic N) is 1. The van der Waals surface area contributed by atoms with Crippen molar-refractivity contribution >= 4 is 28.8 Å². The van der Waals surface area contributed by atoms with E-state index < -0.39 is 0 Å². The first-order valence-electron chi connectivity index (χ1n) is 7.19. The number of nitrogens with one attached hydrogen (secondary N) is 2. The van der Waals surface area contributed by atoms with E-state index in [2.05, 4.69) is 53.7 Å². The van der Waals surface area contributed by atoms with Gasteiger partial charge in [-0.05, 0) is 60.8 Å². The summed E-state index contributed by atoms with van der Waals surface area (Å²) in [6, 6.07) is 12.3. The summed E-state index contributed by atoms with van der Waals surface area (Å²) in [6.45, 7) is 6.44. The molecule has 2 N–H and O–H groups in total. The van der Waals surface area contributed by atoms with Gasteiger partial charge in [0.2, 0.25) is 0 Å².